The van der Waals surface area contributed by atoms with E-state index in [-0.39, 0.29) is 0 Å². The molecule has 0 aromatic rings. The van der Waals surface area contributed by atoms with Crippen molar-refractivity contribution in [2.45, 2.75) is 38.5 Å². The summed E-state index contributed by atoms with van der Waals surface area (Å²) in [6, 6.07) is 0. The van der Waals surface area contributed by atoms with Crippen LogP contribution in [0.3, 0.4) is 0 Å². The molecule has 5 aliphatic rings. The Labute approximate surface area is 121 Å². The van der Waals surface area contributed by atoms with Crippen LogP contribution in [-0.2, 0) is 4.79 Å². The van der Waals surface area contributed by atoms with Crippen LogP contribution in [0.25, 0.3) is 0 Å². The fourth-order valence-electron chi connectivity index (χ4n) is 5.50. The van der Waals surface area contributed by atoms with Gasteiger partial charge in [0.25, 0.3) is 0 Å². The monoisotopic (exact) mass is 274 g/mol. The second-order valence-corrected chi connectivity index (χ2v) is 7.49. The molecule has 0 saturated heterocycles. The SMILES string of the molecule is O=C(NCC1=CCNCC1)C1C2CC3CC(C2)CC1C3. The lowest BCUT2D eigenvalue weighted by molar-refractivity contribution is -0.137. The van der Waals surface area contributed by atoms with Crippen LogP contribution in [0, 0.1) is 29.6 Å². The highest BCUT2D eigenvalue weighted by molar-refractivity contribution is 5.80. The Morgan fingerprint density at radius 2 is 1.85 bits per heavy atom. The van der Waals surface area contributed by atoms with Gasteiger partial charge in [-0.2, -0.15) is 0 Å². The van der Waals surface area contributed by atoms with E-state index in [9.17, 15) is 4.79 Å². The highest BCUT2D eigenvalue weighted by atomic mass is 16.1. The molecule has 2 N–H and O–H groups in total. The first-order chi connectivity index (χ1) is 9.79. The summed E-state index contributed by atoms with van der Waals surface area (Å²) < 4.78 is 0. The van der Waals surface area contributed by atoms with Crippen LogP contribution < -0.4 is 10.6 Å². The van der Waals surface area contributed by atoms with Gasteiger partial charge >= 0.3 is 0 Å². The van der Waals surface area contributed by atoms with Crippen LogP contribution in [0.5, 0.6) is 0 Å². The fraction of sp³-hybridized carbons (Fsp3) is 0.824. The van der Waals surface area contributed by atoms with Gasteiger partial charge in [0.2, 0.25) is 5.91 Å². The second-order valence-electron chi connectivity index (χ2n) is 7.49. The third kappa shape index (κ3) is 2.30. The molecule has 1 amide bonds. The predicted octanol–water partition coefficient (Wildman–Crippen LogP) is 2.09. The van der Waals surface area contributed by atoms with Crippen molar-refractivity contribution in [3.8, 4) is 0 Å². The van der Waals surface area contributed by atoms with Gasteiger partial charge in [-0.25, -0.2) is 0 Å². The minimum Gasteiger partial charge on any atom is -0.352 e. The molecule has 4 fully saturated rings. The molecule has 4 aliphatic carbocycles. The van der Waals surface area contributed by atoms with Crippen molar-refractivity contribution in [1.29, 1.82) is 0 Å². The molecule has 1 aliphatic heterocycles. The Morgan fingerprint density at radius 1 is 1.15 bits per heavy atom. The molecule has 110 valence electrons. The van der Waals surface area contributed by atoms with Crippen LogP contribution in [-0.4, -0.2) is 25.5 Å². The summed E-state index contributed by atoms with van der Waals surface area (Å²) >= 11 is 0. The number of carbonyl (C=O) groups excluding carboxylic acids is 1. The van der Waals surface area contributed by atoms with Crippen molar-refractivity contribution in [1.82, 2.24) is 10.6 Å². The Balaban J connectivity index is 1.37. The fourth-order valence-corrected chi connectivity index (χ4v) is 5.50. The molecule has 0 spiro atoms. The maximum absolute atomic E-state index is 12.6. The quantitative estimate of drug-likeness (QED) is 0.774. The van der Waals surface area contributed by atoms with E-state index in [2.05, 4.69) is 16.7 Å². The molecular weight excluding hydrogens is 248 g/mol. The lowest BCUT2D eigenvalue weighted by Gasteiger charge is -2.53. The first-order valence-electron chi connectivity index (χ1n) is 8.46. The predicted molar refractivity (Wildman–Crippen MR) is 79.1 cm³/mol. The van der Waals surface area contributed by atoms with E-state index in [0.29, 0.717) is 23.7 Å². The Hall–Kier alpha value is -0.830. The second kappa shape index (κ2) is 5.18. The summed E-state index contributed by atoms with van der Waals surface area (Å²) in [6.07, 6.45) is 10.1. The van der Waals surface area contributed by atoms with Crippen LogP contribution in [0.4, 0.5) is 0 Å². The number of amides is 1. The molecule has 1 heterocycles. The zero-order chi connectivity index (χ0) is 13.5. The van der Waals surface area contributed by atoms with Crippen LogP contribution in [0.2, 0.25) is 0 Å². The van der Waals surface area contributed by atoms with Crippen molar-refractivity contribution in [3.05, 3.63) is 11.6 Å². The molecule has 20 heavy (non-hydrogen) atoms. The van der Waals surface area contributed by atoms with E-state index in [1.807, 2.05) is 0 Å². The Kier molecular flexibility index (Phi) is 3.33. The lowest BCUT2D eigenvalue weighted by Crippen LogP contribution is -2.51. The zero-order valence-corrected chi connectivity index (χ0v) is 12.2. The summed E-state index contributed by atoms with van der Waals surface area (Å²) in [4.78, 5) is 12.6. The highest BCUT2D eigenvalue weighted by Gasteiger charge is 2.50. The molecule has 3 heteroatoms. The first kappa shape index (κ1) is 12.9. The minimum absolute atomic E-state index is 0.338. The Morgan fingerprint density at radius 3 is 2.45 bits per heavy atom. The number of rotatable bonds is 3. The van der Waals surface area contributed by atoms with Crippen LogP contribution in [0.1, 0.15) is 38.5 Å². The van der Waals surface area contributed by atoms with Gasteiger partial charge in [0.05, 0.1) is 0 Å². The van der Waals surface area contributed by atoms with Gasteiger partial charge in [0, 0.05) is 19.0 Å². The van der Waals surface area contributed by atoms with Gasteiger partial charge in [-0.3, -0.25) is 4.79 Å². The van der Waals surface area contributed by atoms with Crippen molar-refractivity contribution in [3.63, 3.8) is 0 Å². The van der Waals surface area contributed by atoms with E-state index in [1.165, 1.54) is 37.7 Å². The van der Waals surface area contributed by atoms with E-state index < -0.39 is 0 Å². The maximum Gasteiger partial charge on any atom is 0.223 e. The molecule has 4 saturated carbocycles. The average molecular weight is 274 g/mol. The van der Waals surface area contributed by atoms with Gasteiger partial charge in [-0.1, -0.05) is 11.6 Å². The van der Waals surface area contributed by atoms with Gasteiger partial charge in [0.15, 0.2) is 0 Å². The van der Waals surface area contributed by atoms with Gasteiger partial charge in [-0.05, 0) is 68.7 Å². The van der Waals surface area contributed by atoms with E-state index >= 15 is 0 Å². The van der Waals surface area contributed by atoms with E-state index in [1.54, 1.807) is 0 Å². The zero-order valence-electron chi connectivity index (χ0n) is 12.2. The highest BCUT2D eigenvalue weighted by Crippen LogP contribution is 2.56. The van der Waals surface area contributed by atoms with Crippen molar-refractivity contribution >= 4 is 5.91 Å². The number of carbonyl (C=O) groups is 1. The molecular formula is C17H26N2O. The molecule has 5 rings (SSSR count). The average Bonchev–Trinajstić information content (AvgIpc) is 2.45. The summed E-state index contributed by atoms with van der Waals surface area (Å²) in [6.45, 7) is 2.80. The molecule has 0 radical (unpaired) electrons. The number of hydrogen-bond donors (Lipinski definition) is 2. The number of hydrogen-bond acceptors (Lipinski definition) is 2. The third-order valence-electron chi connectivity index (χ3n) is 6.18. The van der Waals surface area contributed by atoms with Gasteiger partial charge in [-0.15, -0.1) is 0 Å². The molecule has 4 bridgehead atoms. The maximum atomic E-state index is 12.6. The minimum atomic E-state index is 0.338. The van der Waals surface area contributed by atoms with Crippen molar-refractivity contribution in [2.75, 3.05) is 19.6 Å². The summed E-state index contributed by atoms with van der Waals surface area (Å²) in [5.74, 6) is 4.01. The van der Waals surface area contributed by atoms with Crippen molar-refractivity contribution in [2.24, 2.45) is 29.6 Å². The van der Waals surface area contributed by atoms with E-state index in [0.717, 1.165) is 37.9 Å². The molecule has 0 aromatic heterocycles. The normalized spacial score (nSPS) is 42.4. The largest absolute Gasteiger partial charge is 0.352 e. The van der Waals surface area contributed by atoms with Crippen molar-refractivity contribution < 1.29 is 4.79 Å². The molecule has 0 atom stereocenters. The lowest BCUT2D eigenvalue weighted by atomic mass is 9.51. The summed E-state index contributed by atoms with van der Waals surface area (Å²) in [7, 11) is 0. The van der Waals surface area contributed by atoms with Crippen LogP contribution in [0.15, 0.2) is 11.6 Å². The molecule has 0 aromatic carbocycles. The number of nitrogens with one attached hydrogen (secondary N) is 2. The standard InChI is InChI=1S/C17H26N2O/c20-17(19-10-11-1-3-18-4-2-11)16-14-6-12-5-13(8-14)9-15(16)7-12/h1,12-16,18H,2-10H2,(H,19,20). The summed E-state index contributed by atoms with van der Waals surface area (Å²) in [5, 5.41) is 6.56. The van der Waals surface area contributed by atoms with Crippen LogP contribution >= 0.6 is 0 Å². The van der Waals surface area contributed by atoms with Gasteiger partial charge < -0.3 is 10.6 Å². The third-order valence-corrected chi connectivity index (χ3v) is 6.18. The topological polar surface area (TPSA) is 41.1 Å². The first-order valence-corrected chi connectivity index (χ1v) is 8.46. The molecule has 3 nitrogen and oxygen atoms in total. The summed E-state index contributed by atoms with van der Waals surface area (Å²) in [5.41, 5.74) is 1.40. The van der Waals surface area contributed by atoms with E-state index in [4.69, 9.17) is 0 Å². The Bertz CT molecular complexity index is 401. The molecule has 0 unspecified atom stereocenters. The van der Waals surface area contributed by atoms with Gasteiger partial charge in [0.1, 0.15) is 0 Å². The smallest absolute Gasteiger partial charge is 0.223 e.